The highest BCUT2D eigenvalue weighted by molar-refractivity contribution is 4.94. The van der Waals surface area contributed by atoms with Gasteiger partial charge in [0.15, 0.2) is 44.0 Å². The van der Waals surface area contributed by atoms with E-state index in [9.17, 15) is 102 Å². The van der Waals surface area contributed by atoms with Gasteiger partial charge in [-0.05, 0) is 13.8 Å². The van der Waals surface area contributed by atoms with E-state index in [1.807, 2.05) is 0 Å². The van der Waals surface area contributed by atoms with Crippen LogP contribution in [0.1, 0.15) is 36.1 Å². The molecule has 42 nitrogen and oxygen atoms in total. The molecule has 7 aliphatic rings. The Morgan fingerprint density at radius 1 is 0.250 bits per heavy atom. The summed E-state index contributed by atoms with van der Waals surface area (Å²) in [6.07, 6.45) is -41.1. The first kappa shape index (κ1) is 98.5. The van der Waals surface area contributed by atoms with Crippen LogP contribution in [0.2, 0.25) is 0 Å². The number of ether oxygens (including phenoxy) is 14. The van der Waals surface area contributed by atoms with Crippen molar-refractivity contribution in [3.8, 4) is 0 Å². The Hall–Kier alpha value is -1.68. The molecule has 7 heterocycles. The normalized spacial score (nSPS) is 43.7. The first-order valence-corrected chi connectivity index (χ1v) is 28.8. The third kappa shape index (κ3) is 27.2. The molecular formula is C54H114O42. The molecule has 42 heteroatoms. The highest BCUT2D eigenvalue weighted by Crippen LogP contribution is 2.28. The Labute approximate surface area is 554 Å². The Morgan fingerprint density at radius 3 is 0.573 bits per heavy atom. The highest BCUT2D eigenvalue weighted by Gasteiger charge is 2.50. The van der Waals surface area contributed by atoms with Gasteiger partial charge in [0.1, 0.15) is 171 Å². The second-order valence-corrected chi connectivity index (χ2v) is 21.0. The molecule has 0 amide bonds. The van der Waals surface area contributed by atoms with E-state index < -0.39 is 261 Å². The van der Waals surface area contributed by atoms with Crippen molar-refractivity contribution in [2.45, 2.75) is 251 Å². The average Bonchev–Trinajstić information content (AvgIpc) is 1.24. The first-order chi connectivity index (χ1) is 43.8. The molecule has 96 heavy (non-hydrogen) atoms. The lowest BCUT2D eigenvalue weighted by molar-refractivity contribution is -0.300. The predicted octanol–water partition coefficient (Wildman–Crippen LogP) is -15.3. The van der Waals surface area contributed by atoms with Crippen LogP contribution < -0.4 is 0 Å². The van der Waals surface area contributed by atoms with Gasteiger partial charge in [-0.25, -0.2) is 0 Å². The molecule has 7 fully saturated rings. The zero-order valence-corrected chi connectivity index (χ0v) is 51.8. The van der Waals surface area contributed by atoms with Crippen LogP contribution in [0.15, 0.2) is 0 Å². The van der Waals surface area contributed by atoms with Gasteiger partial charge in [-0.2, -0.15) is 0 Å². The van der Waals surface area contributed by atoms with Gasteiger partial charge >= 0.3 is 0 Å². The van der Waals surface area contributed by atoms with Gasteiger partial charge in [-0.3, -0.25) is 0 Å². The lowest BCUT2D eigenvalue weighted by atomic mass is 9.99. The Balaban J connectivity index is -0.00000105. The molecule has 7 rings (SSSR count). The molecule has 0 aromatic rings. The SMILES string of the molecule is C.C.C.CCOC1OC(CO)C(O)C(O)C1O.CCOC1OC(CO)C(O)C(O)C1O.COC1OC(C(O)CO)C(O)C1O.COC1OC(CO)C(O)C(O)C1O.COC1OC(CO)C(O)C(O)C1O.COC1OC(CO)C(O)C(O)C1O.COC1OC(CO)C(O)C(O)C1O. The van der Waals surface area contributed by atoms with Crippen molar-refractivity contribution in [2.24, 2.45) is 0 Å². The average molecular weight is 1440 g/mol. The smallest absolute Gasteiger partial charge is 0.186 e. The number of aliphatic hydroxyl groups is 28. The van der Waals surface area contributed by atoms with Gasteiger partial charge in [-0.15, -0.1) is 0 Å². The van der Waals surface area contributed by atoms with Crippen LogP contribution >= 0.6 is 0 Å². The fourth-order valence-electron chi connectivity index (χ4n) is 9.08. The van der Waals surface area contributed by atoms with Crippen molar-refractivity contribution < 1.29 is 209 Å². The van der Waals surface area contributed by atoms with Gasteiger partial charge in [-0.1, -0.05) is 22.3 Å². The monoisotopic (exact) mass is 1430 g/mol. The van der Waals surface area contributed by atoms with E-state index in [1.54, 1.807) is 13.8 Å². The summed E-state index contributed by atoms with van der Waals surface area (Å²) < 4.78 is 68.3. The third-order valence-corrected chi connectivity index (χ3v) is 14.7. The van der Waals surface area contributed by atoms with E-state index in [2.05, 4.69) is 0 Å². The van der Waals surface area contributed by atoms with Gasteiger partial charge in [0.25, 0.3) is 0 Å². The number of hydrogen-bond donors (Lipinski definition) is 28. The molecule has 0 saturated carbocycles. The molecule has 0 aromatic heterocycles. The Bertz CT molecular complexity index is 1620. The molecule has 7 aliphatic heterocycles. The van der Waals surface area contributed by atoms with Crippen LogP contribution in [-0.2, 0) is 66.3 Å². The molecule has 0 aromatic carbocycles. The summed E-state index contributed by atoms with van der Waals surface area (Å²) in [4.78, 5) is 0. The van der Waals surface area contributed by atoms with E-state index in [1.165, 1.54) is 35.5 Å². The van der Waals surface area contributed by atoms with Crippen LogP contribution in [0.4, 0.5) is 0 Å². The van der Waals surface area contributed by atoms with Crippen molar-refractivity contribution in [3.63, 3.8) is 0 Å². The highest BCUT2D eigenvalue weighted by atomic mass is 16.7. The zero-order valence-electron chi connectivity index (χ0n) is 51.8. The summed E-state index contributed by atoms with van der Waals surface area (Å²) in [7, 11) is 6.51. The summed E-state index contributed by atoms with van der Waals surface area (Å²) in [6, 6.07) is 0. The molecule has 7 saturated heterocycles. The minimum absolute atomic E-state index is 0. The van der Waals surface area contributed by atoms with Gasteiger partial charge in [0.05, 0.1) is 46.2 Å². The standard InChI is InChI=1S/2C8H16O6.5C7H14O6.3CH4/c2*1-2-13-8-7(12)6(11)5(10)4(3-9)14-8;1-12-7-5(11)4(10)6(13-7)3(9)2-8;4*1-12-7-6(11)5(10)4(9)3(2-8)13-7;;;/h2*4-12H,2-3H2,1H3;5*3-11H,2H2,1H3;3*1H4. The molecule has 0 aliphatic carbocycles. The van der Waals surface area contributed by atoms with Crippen LogP contribution in [0.25, 0.3) is 0 Å². The summed E-state index contributed by atoms with van der Waals surface area (Å²) in [5, 5.41) is 257. The van der Waals surface area contributed by atoms with Crippen molar-refractivity contribution >= 4 is 0 Å². The van der Waals surface area contributed by atoms with Crippen molar-refractivity contribution in [1.82, 2.24) is 0 Å². The van der Waals surface area contributed by atoms with Crippen molar-refractivity contribution in [3.05, 3.63) is 0 Å². The molecule has 0 bridgehead atoms. The summed E-state index contributed by atoms with van der Waals surface area (Å²) in [5.74, 6) is 0. The van der Waals surface area contributed by atoms with E-state index in [0.717, 1.165) is 0 Å². The topological polar surface area (TPSA) is 696 Å². The molecule has 35 atom stereocenters. The van der Waals surface area contributed by atoms with Crippen LogP contribution in [-0.4, -0.2) is 453 Å². The quantitative estimate of drug-likeness (QED) is 0.0643. The first-order valence-electron chi connectivity index (χ1n) is 28.8. The van der Waals surface area contributed by atoms with Crippen molar-refractivity contribution in [2.75, 3.05) is 95.0 Å². The van der Waals surface area contributed by atoms with Crippen molar-refractivity contribution in [1.29, 1.82) is 0 Å². The number of hydrogen-bond acceptors (Lipinski definition) is 42. The molecule has 0 spiro atoms. The number of methoxy groups -OCH3 is 5. The number of rotatable bonds is 17. The molecule has 28 N–H and O–H groups in total. The zero-order chi connectivity index (χ0) is 71.5. The fourth-order valence-corrected chi connectivity index (χ4v) is 9.08. The lowest BCUT2D eigenvalue weighted by Crippen LogP contribution is -2.59. The maximum Gasteiger partial charge on any atom is 0.186 e. The van der Waals surface area contributed by atoms with Gasteiger partial charge in [0, 0.05) is 48.8 Å². The Morgan fingerprint density at radius 2 is 0.417 bits per heavy atom. The summed E-state index contributed by atoms with van der Waals surface area (Å²) in [6.45, 7) is 0.868. The summed E-state index contributed by atoms with van der Waals surface area (Å²) >= 11 is 0. The minimum Gasteiger partial charge on any atom is -0.394 e. The van der Waals surface area contributed by atoms with E-state index >= 15 is 0 Å². The molecule has 582 valence electrons. The molecular weight excluding hydrogens is 1320 g/mol. The van der Waals surface area contributed by atoms with E-state index in [4.69, 9.17) is 107 Å². The summed E-state index contributed by atoms with van der Waals surface area (Å²) in [5.41, 5.74) is 0. The number of aliphatic hydroxyl groups excluding tert-OH is 28. The predicted molar refractivity (Wildman–Crippen MR) is 315 cm³/mol. The van der Waals surface area contributed by atoms with Crippen LogP contribution in [0.3, 0.4) is 0 Å². The minimum atomic E-state index is -1.36. The third-order valence-electron chi connectivity index (χ3n) is 14.7. The van der Waals surface area contributed by atoms with Gasteiger partial charge in [0.2, 0.25) is 0 Å². The van der Waals surface area contributed by atoms with E-state index in [-0.39, 0.29) is 22.3 Å². The van der Waals surface area contributed by atoms with Gasteiger partial charge < -0.3 is 209 Å². The van der Waals surface area contributed by atoms with Crippen LogP contribution in [0.5, 0.6) is 0 Å². The Kier molecular flexibility index (Phi) is 51.1. The van der Waals surface area contributed by atoms with Crippen LogP contribution in [0, 0.1) is 0 Å². The molecule has 35 unspecified atom stereocenters. The van der Waals surface area contributed by atoms with E-state index in [0.29, 0.717) is 13.2 Å². The second-order valence-electron chi connectivity index (χ2n) is 21.0. The fraction of sp³-hybridized carbons (Fsp3) is 1.00. The lowest BCUT2D eigenvalue weighted by Gasteiger charge is -2.39. The maximum absolute atomic E-state index is 9.41. The second kappa shape index (κ2) is 49.8. The maximum atomic E-state index is 9.41. The largest absolute Gasteiger partial charge is 0.394 e. The molecule has 0 radical (unpaired) electrons.